The van der Waals surface area contributed by atoms with Crippen molar-refractivity contribution in [3.05, 3.63) is 130 Å². The summed E-state index contributed by atoms with van der Waals surface area (Å²) < 4.78 is 43.0. The van der Waals surface area contributed by atoms with E-state index >= 15 is 0 Å². The van der Waals surface area contributed by atoms with Crippen molar-refractivity contribution in [2.45, 2.75) is 44.3 Å². The molecular weight excluding hydrogens is 708 g/mol. The van der Waals surface area contributed by atoms with Crippen LogP contribution in [0.2, 0.25) is 0 Å². The first-order valence-corrected chi connectivity index (χ1v) is 18.1. The number of hydrogen-bond donors (Lipinski definition) is 0. The Balaban J connectivity index is 0.899. The molecule has 0 aliphatic carbocycles. The van der Waals surface area contributed by atoms with Gasteiger partial charge in [-0.15, -0.1) is 0 Å². The van der Waals surface area contributed by atoms with Crippen LogP contribution in [0.3, 0.4) is 0 Å². The van der Waals surface area contributed by atoms with Crippen LogP contribution in [0.1, 0.15) is 79.2 Å². The third-order valence-electron chi connectivity index (χ3n) is 9.06. The van der Waals surface area contributed by atoms with Crippen molar-refractivity contribution in [1.82, 2.24) is 0 Å². The molecule has 6 rings (SSSR count). The Labute approximate surface area is 319 Å². The van der Waals surface area contributed by atoms with Gasteiger partial charge in [0.1, 0.15) is 35.9 Å². The van der Waals surface area contributed by atoms with Gasteiger partial charge in [-0.25, -0.2) is 19.2 Å². The van der Waals surface area contributed by atoms with Gasteiger partial charge in [-0.3, -0.25) is 0 Å². The van der Waals surface area contributed by atoms with E-state index in [1.807, 2.05) is 38.1 Å². The van der Waals surface area contributed by atoms with E-state index in [-0.39, 0.29) is 43.5 Å². The van der Waals surface area contributed by atoms with E-state index in [4.69, 9.17) is 37.9 Å². The zero-order valence-corrected chi connectivity index (χ0v) is 31.1. The van der Waals surface area contributed by atoms with Crippen molar-refractivity contribution in [1.29, 1.82) is 0 Å². The molecular formula is C43H44O12. The second kappa shape index (κ2) is 17.8. The number of rotatable bonds is 19. The fourth-order valence-corrected chi connectivity index (χ4v) is 5.39. The molecule has 0 radical (unpaired) electrons. The normalized spacial score (nSPS) is 18.8. The molecule has 3 unspecified atom stereocenters. The number of esters is 4. The van der Waals surface area contributed by atoms with Crippen LogP contribution in [-0.2, 0) is 34.8 Å². The molecule has 4 aromatic carbocycles. The summed E-state index contributed by atoms with van der Waals surface area (Å²) >= 11 is 0. The number of carbonyl (C=O) groups excluding carboxylic acids is 4. The van der Waals surface area contributed by atoms with Crippen LogP contribution in [0, 0.1) is 0 Å². The van der Waals surface area contributed by atoms with Gasteiger partial charge in [-0.05, 0) is 110 Å². The van der Waals surface area contributed by atoms with Crippen LogP contribution in [0.5, 0.6) is 11.5 Å². The Kier molecular flexibility index (Phi) is 12.7. The third kappa shape index (κ3) is 11.8. The number of ether oxygens (including phenoxy) is 8. The van der Waals surface area contributed by atoms with Crippen LogP contribution in [0.4, 0.5) is 0 Å². The zero-order valence-electron chi connectivity index (χ0n) is 31.1. The highest BCUT2D eigenvalue weighted by molar-refractivity contribution is 5.95. The van der Waals surface area contributed by atoms with E-state index in [1.54, 1.807) is 24.3 Å². The molecule has 288 valence electrons. The van der Waals surface area contributed by atoms with Crippen LogP contribution >= 0.6 is 0 Å². The summed E-state index contributed by atoms with van der Waals surface area (Å²) in [6.45, 7) is 9.03. The lowest BCUT2D eigenvalue weighted by atomic mass is 9.94. The molecule has 0 aromatic heterocycles. The Bertz CT molecular complexity index is 1930. The lowest BCUT2D eigenvalue weighted by Crippen LogP contribution is -2.18. The van der Waals surface area contributed by atoms with E-state index in [2.05, 4.69) is 6.92 Å². The van der Waals surface area contributed by atoms with Crippen molar-refractivity contribution in [3.8, 4) is 11.5 Å². The van der Waals surface area contributed by atoms with Crippen LogP contribution in [0.15, 0.2) is 97.1 Å². The highest BCUT2D eigenvalue weighted by Gasteiger charge is 2.40. The topological polar surface area (TPSA) is 149 Å². The highest BCUT2D eigenvalue weighted by atomic mass is 16.6. The first-order valence-electron chi connectivity index (χ1n) is 18.1. The Morgan fingerprint density at radius 1 is 0.545 bits per heavy atom. The average molecular weight is 753 g/mol. The molecule has 55 heavy (non-hydrogen) atoms. The summed E-state index contributed by atoms with van der Waals surface area (Å²) in [5.41, 5.74) is 2.90. The van der Waals surface area contributed by atoms with Crippen molar-refractivity contribution in [3.63, 3.8) is 0 Å². The van der Waals surface area contributed by atoms with Gasteiger partial charge in [-0.1, -0.05) is 31.2 Å². The number of benzene rings is 4. The molecule has 2 aliphatic heterocycles. The molecule has 2 fully saturated rings. The van der Waals surface area contributed by atoms with Gasteiger partial charge in [0.2, 0.25) is 0 Å². The molecule has 4 aromatic rings. The molecule has 12 nitrogen and oxygen atoms in total. The van der Waals surface area contributed by atoms with Gasteiger partial charge >= 0.3 is 23.9 Å². The maximum absolute atomic E-state index is 12.8. The molecule has 2 saturated heterocycles. The summed E-state index contributed by atoms with van der Waals surface area (Å²) in [5.74, 6) is -1.17. The van der Waals surface area contributed by atoms with E-state index in [0.29, 0.717) is 60.2 Å². The first-order chi connectivity index (χ1) is 26.5. The fraction of sp³-hybridized carbons (Fsp3) is 0.349. The molecule has 0 N–H and O–H groups in total. The molecule has 0 bridgehead atoms. The van der Waals surface area contributed by atoms with E-state index in [1.165, 1.54) is 48.5 Å². The maximum atomic E-state index is 12.8. The zero-order chi connectivity index (χ0) is 38.8. The van der Waals surface area contributed by atoms with Crippen molar-refractivity contribution in [2.75, 3.05) is 52.9 Å². The quantitative estimate of drug-likeness (QED) is 0.0452. The average Bonchev–Trinajstić information content (AvgIpc) is 4.13. The minimum atomic E-state index is -0.547. The fourth-order valence-electron chi connectivity index (χ4n) is 5.39. The Hall–Kier alpha value is -5.40. The SMILES string of the molecule is CC(Cc1ccc(OC(=O)c2ccc(C(=O)OCCOCC3(C)CO3)cc2)cc1)c1ccc(OC(=O)c2ccc(C(=O)OCCOCC3(C)CO3)cc2)cc1. The van der Waals surface area contributed by atoms with Gasteiger partial charge in [-0.2, -0.15) is 0 Å². The monoisotopic (exact) mass is 752 g/mol. The third-order valence-corrected chi connectivity index (χ3v) is 9.06. The van der Waals surface area contributed by atoms with Gasteiger partial charge in [0.15, 0.2) is 0 Å². The second-order valence-electron chi connectivity index (χ2n) is 14.1. The van der Waals surface area contributed by atoms with Gasteiger partial charge in [0.05, 0.1) is 61.9 Å². The molecule has 3 atom stereocenters. The highest BCUT2D eigenvalue weighted by Crippen LogP contribution is 2.27. The number of hydrogen-bond acceptors (Lipinski definition) is 12. The van der Waals surface area contributed by atoms with Crippen LogP contribution in [0.25, 0.3) is 0 Å². The van der Waals surface area contributed by atoms with Crippen molar-refractivity contribution in [2.24, 2.45) is 0 Å². The standard InChI is InChI=1S/C43H44O12/c1-29(31-14-18-37(19-15-31)55-41(47)35-12-8-33(9-13-35)39(45)51-23-21-49-26-43(3)28-53-43)24-30-4-16-36(17-5-30)54-40(46)34-10-6-32(7-11-34)38(44)50-22-20-48-25-42(2)27-52-42/h4-19,29H,20-28H2,1-3H3. The van der Waals surface area contributed by atoms with E-state index in [0.717, 1.165) is 17.5 Å². The summed E-state index contributed by atoms with van der Waals surface area (Å²) in [6, 6.07) is 26.8. The minimum Gasteiger partial charge on any atom is -0.460 e. The number of epoxide rings is 2. The summed E-state index contributed by atoms with van der Waals surface area (Å²) in [4.78, 5) is 50.1. The first kappa shape index (κ1) is 39.3. The predicted molar refractivity (Wildman–Crippen MR) is 199 cm³/mol. The van der Waals surface area contributed by atoms with Crippen LogP contribution in [-0.4, -0.2) is 87.9 Å². The van der Waals surface area contributed by atoms with Gasteiger partial charge in [0, 0.05) is 0 Å². The maximum Gasteiger partial charge on any atom is 0.343 e. The van der Waals surface area contributed by atoms with Gasteiger partial charge in [0.25, 0.3) is 0 Å². The van der Waals surface area contributed by atoms with Gasteiger partial charge < -0.3 is 37.9 Å². The molecule has 2 aliphatic rings. The molecule has 0 amide bonds. The van der Waals surface area contributed by atoms with Crippen LogP contribution < -0.4 is 9.47 Å². The Morgan fingerprint density at radius 3 is 1.29 bits per heavy atom. The summed E-state index contributed by atoms with van der Waals surface area (Å²) in [5, 5.41) is 0. The van der Waals surface area contributed by atoms with E-state index in [9.17, 15) is 19.2 Å². The molecule has 12 heteroatoms. The molecule has 2 heterocycles. The largest absolute Gasteiger partial charge is 0.460 e. The van der Waals surface area contributed by atoms with Crippen molar-refractivity contribution < 1.29 is 57.1 Å². The smallest absolute Gasteiger partial charge is 0.343 e. The Morgan fingerprint density at radius 2 is 0.909 bits per heavy atom. The second-order valence-corrected chi connectivity index (χ2v) is 14.1. The summed E-state index contributed by atoms with van der Waals surface area (Å²) in [7, 11) is 0. The molecule has 0 spiro atoms. The lowest BCUT2D eigenvalue weighted by Gasteiger charge is -2.13. The number of carbonyl (C=O) groups is 4. The van der Waals surface area contributed by atoms with Crippen molar-refractivity contribution >= 4 is 23.9 Å². The minimum absolute atomic E-state index is 0.117. The molecule has 0 saturated carbocycles. The summed E-state index contributed by atoms with van der Waals surface area (Å²) in [6.07, 6.45) is 0.723. The van der Waals surface area contributed by atoms with E-state index < -0.39 is 23.9 Å². The lowest BCUT2D eigenvalue weighted by molar-refractivity contribution is 0.0228. The predicted octanol–water partition coefficient (Wildman–Crippen LogP) is 6.40.